The fraction of sp³-hybridized carbons (Fsp3) is 0.310. The summed E-state index contributed by atoms with van der Waals surface area (Å²) in [5, 5.41) is 6.17. The van der Waals surface area contributed by atoms with Crippen molar-refractivity contribution in [3.05, 3.63) is 87.9 Å². The summed E-state index contributed by atoms with van der Waals surface area (Å²) in [5.41, 5.74) is 12.4. The van der Waals surface area contributed by atoms with Gasteiger partial charge >= 0.3 is 0 Å². The Labute approximate surface area is 201 Å². The zero-order valence-corrected chi connectivity index (χ0v) is 21.1. The highest BCUT2D eigenvalue weighted by atomic mass is 16.5. The summed E-state index contributed by atoms with van der Waals surface area (Å²) in [4.78, 5) is 5.10. The molecule has 0 radical (unpaired) electrons. The minimum Gasteiger partial charge on any atom is -0.378 e. The van der Waals surface area contributed by atoms with E-state index in [4.69, 9.17) is 14.8 Å². The predicted octanol–water partition coefficient (Wildman–Crippen LogP) is 6.65. The van der Waals surface area contributed by atoms with E-state index in [2.05, 4.69) is 94.6 Å². The fourth-order valence-electron chi connectivity index (χ4n) is 5.47. The molecule has 5 aromatic rings. The molecular formula is C29H32N4O. The minimum absolute atomic E-state index is 0.115. The summed E-state index contributed by atoms with van der Waals surface area (Å²) < 4.78 is 10.0. The molecule has 5 heteroatoms. The van der Waals surface area contributed by atoms with E-state index in [1.807, 2.05) is 4.52 Å². The number of rotatable bonds is 5. The van der Waals surface area contributed by atoms with Gasteiger partial charge in [0, 0.05) is 18.2 Å². The SMILES string of the molecule is COCc1cc2c(C)nc3c(-c4c(C)cc(C)cc4C)c(C)nn3c2n1[C@@H](C)c1ccccc1. The number of benzene rings is 2. The number of aromatic nitrogens is 4. The second-order valence-electron chi connectivity index (χ2n) is 9.43. The molecule has 0 aliphatic heterocycles. The molecule has 2 aromatic carbocycles. The van der Waals surface area contributed by atoms with Crippen molar-refractivity contribution in [2.45, 2.75) is 54.2 Å². The predicted molar refractivity (Wildman–Crippen MR) is 139 cm³/mol. The number of fused-ring (bicyclic) bond motifs is 3. The van der Waals surface area contributed by atoms with Gasteiger partial charge in [-0.05, 0) is 69.9 Å². The molecule has 1 atom stereocenters. The van der Waals surface area contributed by atoms with E-state index in [1.54, 1.807) is 7.11 Å². The summed E-state index contributed by atoms with van der Waals surface area (Å²) in [6, 6.07) is 17.4. The Balaban J connectivity index is 1.88. The molecule has 0 N–H and O–H groups in total. The van der Waals surface area contributed by atoms with Gasteiger partial charge in [-0.25, -0.2) is 4.98 Å². The first-order valence-corrected chi connectivity index (χ1v) is 11.8. The summed E-state index contributed by atoms with van der Waals surface area (Å²) in [7, 11) is 1.75. The molecule has 0 saturated carbocycles. The quantitative estimate of drug-likeness (QED) is 0.300. The Morgan fingerprint density at radius 3 is 2.21 bits per heavy atom. The number of hydrogen-bond acceptors (Lipinski definition) is 3. The standard InChI is InChI=1S/C29H32N4O/c1-17-13-18(2)26(19(3)14-17)27-21(5)31-33-28(27)30-20(4)25-15-24(16-34-7)32(29(25)33)22(6)23-11-9-8-10-12-23/h8-15,22H,16H2,1-7H3/t22-/m0/s1. The highest BCUT2D eigenvalue weighted by molar-refractivity contribution is 5.90. The molecule has 0 fully saturated rings. The van der Waals surface area contributed by atoms with Crippen molar-refractivity contribution in [1.29, 1.82) is 0 Å². The van der Waals surface area contributed by atoms with Crippen LogP contribution in [0.5, 0.6) is 0 Å². The van der Waals surface area contributed by atoms with E-state index >= 15 is 0 Å². The second kappa shape index (κ2) is 8.41. The van der Waals surface area contributed by atoms with E-state index in [-0.39, 0.29) is 6.04 Å². The van der Waals surface area contributed by atoms with Gasteiger partial charge in [0.15, 0.2) is 5.65 Å². The molecule has 0 amide bonds. The molecule has 3 aromatic heterocycles. The topological polar surface area (TPSA) is 44.4 Å². The maximum absolute atomic E-state index is 5.61. The van der Waals surface area contributed by atoms with E-state index in [9.17, 15) is 0 Å². The van der Waals surface area contributed by atoms with Crippen molar-refractivity contribution < 1.29 is 4.74 Å². The first-order valence-electron chi connectivity index (χ1n) is 11.8. The van der Waals surface area contributed by atoms with Crippen LogP contribution >= 0.6 is 0 Å². The maximum Gasteiger partial charge on any atom is 0.165 e. The first-order chi connectivity index (χ1) is 16.3. The molecular weight excluding hydrogens is 420 g/mol. The van der Waals surface area contributed by atoms with Gasteiger partial charge in [-0.15, -0.1) is 0 Å². The van der Waals surface area contributed by atoms with Crippen molar-refractivity contribution >= 4 is 16.7 Å². The van der Waals surface area contributed by atoms with E-state index in [0.29, 0.717) is 6.61 Å². The van der Waals surface area contributed by atoms with Crippen molar-refractivity contribution in [3.63, 3.8) is 0 Å². The largest absolute Gasteiger partial charge is 0.378 e. The summed E-state index contributed by atoms with van der Waals surface area (Å²) in [6.45, 7) is 13.5. The van der Waals surface area contributed by atoms with Crippen molar-refractivity contribution in [3.8, 4) is 11.1 Å². The maximum atomic E-state index is 5.61. The molecule has 0 bridgehead atoms. The highest BCUT2D eigenvalue weighted by Crippen LogP contribution is 2.37. The van der Waals surface area contributed by atoms with Crippen LogP contribution in [-0.2, 0) is 11.3 Å². The molecule has 0 saturated heterocycles. The van der Waals surface area contributed by atoms with Gasteiger partial charge in [0.2, 0.25) is 0 Å². The Hall–Kier alpha value is -3.44. The summed E-state index contributed by atoms with van der Waals surface area (Å²) in [5.74, 6) is 0. The Morgan fingerprint density at radius 1 is 0.882 bits per heavy atom. The third-order valence-electron chi connectivity index (χ3n) is 6.88. The van der Waals surface area contributed by atoms with E-state index in [1.165, 1.54) is 27.8 Å². The van der Waals surface area contributed by atoms with Crippen LogP contribution in [0.4, 0.5) is 0 Å². The third-order valence-corrected chi connectivity index (χ3v) is 6.88. The number of ether oxygens (including phenoxy) is 1. The molecule has 0 spiro atoms. The van der Waals surface area contributed by atoms with Crippen LogP contribution in [0.15, 0.2) is 48.5 Å². The molecule has 174 valence electrons. The van der Waals surface area contributed by atoms with Crippen LogP contribution in [0.1, 0.15) is 52.3 Å². The average Bonchev–Trinajstić information content (AvgIpc) is 3.32. The van der Waals surface area contributed by atoms with Crippen LogP contribution in [-0.4, -0.2) is 26.3 Å². The normalized spacial score (nSPS) is 12.7. The number of aryl methyl sites for hydroxylation is 5. The van der Waals surface area contributed by atoms with Crippen LogP contribution in [0.3, 0.4) is 0 Å². The molecule has 0 aliphatic rings. The summed E-state index contributed by atoms with van der Waals surface area (Å²) >= 11 is 0. The zero-order valence-electron chi connectivity index (χ0n) is 21.1. The van der Waals surface area contributed by atoms with Gasteiger partial charge in [-0.2, -0.15) is 9.61 Å². The van der Waals surface area contributed by atoms with Crippen molar-refractivity contribution in [1.82, 2.24) is 19.2 Å². The van der Waals surface area contributed by atoms with E-state index < -0.39 is 0 Å². The fourth-order valence-corrected chi connectivity index (χ4v) is 5.47. The summed E-state index contributed by atoms with van der Waals surface area (Å²) in [6.07, 6.45) is 0. The molecule has 5 nitrogen and oxygen atoms in total. The molecule has 34 heavy (non-hydrogen) atoms. The van der Waals surface area contributed by atoms with Crippen LogP contribution < -0.4 is 0 Å². The highest BCUT2D eigenvalue weighted by Gasteiger charge is 2.24. The average molecular weight is 453 g/mol. The van der Waals surface area contributed by atoms with Gasteiger partial charge in [-0.1, -0.05) is 48.0 Å². The van der Waals surface area contributed by atoms with Gasteiger partial charge in [0.25, 0.3) is 0 Å². The zero-order chi connectivity index (χ0) is 24.1. The minimum atomic E-state index is 0.115. The monoisotopic (exact) mass is 452 g/mol. The lowest BCUT2D eigenvalue weighted by Gasteiger charge is -2.19. The van der Waals surface area contributed by atoms with Crippen molar-refractivity contribution in [2.24, 2.45) is 0 Å². The molecule has 3 heterocycles. The smallest absolute Gasteiger partial charge is 0.165 e. The first kappa shape index (κ1) is 22.4. The second-order valence-corrected chi connectivity index (χ2v) is 9.43. The van der Waals surface area contributed by atoms with E-state index in [0.717, 1.165) is 39.3 Å². The molecule has 0 unspecified atom stereocenters. The lowest BCUT2D eigenvalue weighted by atomic mass is 9.94. The van der Waals surface area contributed by atoms with Crippen LogP contribution in [0.25, 0.3) is 27.8 Å². The van der Waals surface area contributed by atoms with Gasteiger partial charge < -0.3 is 9.30 Å². The Morgan fingerprint density at radius 2 is 1.56 bits per heavy atom. The van der Waals surface area contributed by atoms with Gasteiger partial charge in [-0.3, -0.25) is 0 Å². The third kappa shape index (κ3) is 3.43. The Kier molecular flexibility index (Phi) is 5.53. The Bertz CT molecular complexity index is 1500. The van der Waals surface area contributed by atoms with Crippen LogP contribution in [0, 0.1) is 34.6 Å². The number of methoxy groups -OCH3 is 1. The lowest BCUT2D eigenvalue weighted by Crippen LogP contribution is -2.13. The van der Waals surface area contributed by atoms with Gasteiger partial charge in [0.05, 0.1) is 29.6 Å². The molecule has 5 rings (SSSR count). The van der Waals surface area contributed by atoms with Gasteiger partial charge in [0.1, 0.15) is 5.65 Å². The van der Waals surface area contributed by atoms with Crippen molar-refractivity contribution in [2.75, 3.05) is 7.11 Å². The lowest BCUT2D eigenvalue weighted by molar-refractivity contribution is 0.177. The number of hydrogen-bond donors (Lipinski definition) is 0. The van der Waals surface area contributed by atoms with Crippen LogP contribution in [0.2, 0.25) is 0 Å². The number of nitrogens with zero attached hydrogens (tertiary/aromatic N) is 4. The molecule has 0 aliphatic carbocycles.